The number of carbonyl (C=O) groups is 2. The molecule has 0 spiro atoms. The molecule has 47 heavy (non-hydrogen) atoms. The summed E-state index contributed by atoms with van der Waals surface area (Å²) in [6, 6.07) is 11.1. The smallest absolute Gasteiger partial charge is 0.321 e. The van der Waals surface area contributed by atoms with Gasteiger partial charge in [-0.15, -0.1) is 11.3 Å². The van der Waals surface area contributed by atoms with E-state index in [1.54, 1.807) is 9.80 Å². The van der Waals surface area contributed by atoms with Gasteiger partial charge in [0.05, 0.1) is 40.0 Å². The number of aliphatic hydroxyl groups is 1. The van der Waals surface area contributed by atoms with Crippen LogP contribution in [0.15, 0.2) is 58.8 Å². The van der Waals surface area contributed by atoms with E-state index in [9.17, 15) is 28.2 Å². The number of benzene rings is 2. The van der Waals surface area contributed by atoms with Gasteiger partial charge in [0.25, 0.3) is 0 Å². The van der Waals surface area contributed by atoms with Crippen molar-refractivity contribution in [1.29, 1.82) is 0 Å². The summed E-state index contributed by atoms with van der Waals surface area (Å²) in [5.41, 5.74) is 7.38. The van der Waals surface area contributed by atoms with E-state index in [0.717, 1.165) is 22.3 Å². The number of aromatic hydroxyl groups is 1. The Kier molecular flexibility index (Phi) is 11.9. The van der Waals surface area contributed by atoms with Gasteiger partial charge in [0.15, 0.2) is 0 Å². The van der Waals surface area contributed by atoms with Crippen LogP contribution in [-0.2, 0) is 27.8 Å². The number of aromatic nitrogens is 1. The van der Waals surface area contributed by atoms with Crippen molar-refractivity contribution in [2.45, 2.75) is 70.7 Å². The molecule has 14 heteroatoms. The standard InChI is InChI=1S/C33H46N6O6S2/c1-21(2)17-38(47(44,45)26-11-12-27(34)29(40)16-26)19-30(41)28(15-24-9-7-6-8-10-24)36-32(42)31(22(3)4)39-14-13-37(33(39)43)18-25-20-46-23(5)35-25/h6-12,16,20-22,28,30-31,40-41H,13-15,17-19,34H2,1-5H3,(H,36,42)/t28-,30+,31-/m0/s1. The third-order valence-electron chi connectivity index (χ3n) is 8.07. The largest absolute Gasteiger partial charge is 0.506 e. The molecule has 1 aliphatic rings. The first-order chi connectivity index (χ1) is 22.2. The average molecular weight is 687 g/mol. The molecule has 0 bridgehead atoms. The second-order valence-corrected chi connectivity index (χ2v) is 15.8. The Labute approximate surface area is 281 Å². The number of nitrogens with two attached hydrogens (primary N) is 1. The van der Waals surface area contributed by atoms with Crippen LogP contribution in [0.3, 0.4) is 0 Å². The Morgan fingerprint density at radius 1 is 1.11 bits per heavy atom. The number of sulfonamides is 1. The summed E-state index contributed by atoms with van der Waals surface area (Å²) in [7, 11) is -4.16. The predicted octanol–water partition coefficient (Wildman–Crippen LogP) is 3.44. The molecule has 0 radical (unpaired) electrons. The van der Waals surface area contributed by atoms with Crippen LogP contribution in [0.4, 0.5) is 10.5 Å². The monoisotopic (exact) mass is 686 g/mol. The van der Waals surface area contributed by atoms with E-state index < -0.39 is 34.1 Å². The summed E-state index contributed by atoms with van der Waals surface area (Å²) in [6.07, 6.45) is -1.10. The van der Waals surface area contributed by atoms with Crippen molar-refractivity contribution in [3.8, 4) is 5.75 Å². The molecule has 0 aliphatic carbocycles. The molecule has 1 saturated heterocycles. The van der Waals surface area contributed by atoms with Gasteiger partial charge in [0.2, 0.25) is 15.9 Å². The zero-order chi connectivity index (χ0) is 34.5. The lowest BCUT2D eigenvalue weighted by molar-refractivity contribution is -0.128. The van der Waals surface area contributed by atoms with E-state index >= 15 is 0 Å². The summed E-state index contributed by atoms with van der Waals surface area (Å²) in [6.45, 7) is 10.3. The predicted molar refractivity (Wildman–Crippen MR) is 182 cm³/mol. The number of nitrogens with one attached hydrogen (secondary N) is 1. The molecule has 3 aromatic rings. The van der Waals surface area contributed by atoms with Crippen LogP contribution >= 0.6 is 11.3 Å². The summed E-state index contributed by atoms with van der Waals surface area (Å²) >= 11 is 1.52. The molecule has 0 saturated carbocycles. The Morgan fingerprint density at radius 2 is 1.81 bits per heavy atom. The molecule has 12 nitrogen and oxygen atoms in total. The van der Waals surface area contributed by atoms with Crippen LogP contribution < -0.4 is 11.1 Å². The van der Waals surface area contributed by atoms with Gasteiger partial charge in [-0.05, 0) is 42.9 Å². The van der Waals surface area contributed by atoms with Crippen LogP contribution in [-0.4, -0.2) is 94.0 Å². The van der Waals surface area contributed by atoms with Crippen LogP contribution in [0.25, 0.3) is 0 Å². The molecule has 1 fully saturated rings. The first kappa shape index (κ1) is 36.1. The molecule has 3 amide bonds. The average Bonchev–Trinajstić information content (AvgIpc) is 3.58. The van der Waals surface area contributed by atoms with Crippen molar-refractivity contribution < 1.29 is 28.2 Å². The topological polar surface area (TPSA) is 169 Å². The minimum Gasteiger partial charge on any atom is -0.506 e. The van der Waals surface area contributed by atoms with Crippen molar-refractivity contribution in [2.24, 2.45) is 11.8 Å². The lowest BCUT2D eigenvalue weighted by Gasteiger charge is -2.34. The number of aryl methyl sites for hydroxylation is 1. The normalized spacial score (nSPS) is 15.9. The number of nitrogens with zero attached hydrogens (tertiary/aromatic N) is 4. The van der Waals surface area contributed by atoms with Crippen molar-refractivity contribution in [3.05, 3.63) is 70.2 Å². The van der Waals surface area contributed by atoms with E-state index in [1.807, 2.05) is 70.3 Å². The Balaban J connectivity index is 1.58. The molecule has 1 aromatic heterocycles. The van der Waals surface area contributed by atoms with Gasteiger partial charge < -0.3 is 31.1 Å². The number of thiazole rings is 1. The van der Waals surface area contributed by atoms with Gasteiger partial charge in [0, 0.05) is 37.6 Å². The summed E-state index contributed by atoms with van der Waals surface area (Å²) in [5.74, 6) is -1.13. The number of carbonyl (C=O) groups excluding carboxylic acids is 2. The van der Waals surface area contributed by atoms with E-state index in [2.05, 4.69) is 10.3 Å². The zero-order valence-electron chi connectivity index (χ0n) is 27.5. The number of aliphatic hydroxyl groups excluding tert-OH is 1. The molecular formula is C33H46N6O6S2. The first-order valence-electron chi connectivity index (χ1n) is 15.7. The second kappa shape index (κ2) is 15.5. The summed E-state index contributed by atoms with van der Waals surface area (Å²) in [5, 5.41) is 27.6. The highest BCUT2D eigenvalue weighted by Gasteiger charge is 2.40. The first-order valence-corrected chi connectivity index (χ1v) is 18.1. The number of urea groups is 1. The quantitative estimate of drug-likeness (QED) is 0.139. The van der Waals surface area contributed by atoms with E-state index in [4.69, 9.17) is 5.73 Å². The number of phenols is 1. The van der Waals surface area contributed by atoms with Crippen molar-refractivity contribution in [1.82, 2.24) is 24.4 Å². The number of rotatable bonds is 15. The fraction of sp³-hybridized carbons (Fsp3) is 0.485. The van der Waals surface area contributed by atoms with Gasteiger partial charge in [-0.25, -0.2) is 18.2 Å². The number of amides is 3. The maximum Gasteiger partial charge on any atom is 0.321 e. The lowest BCUT2D eigenvalue weighted by Crippen LogP contribution is -2.57. The molecule has 1 aliphatic heterocycles. The fourth-order valence-corrected chi connectivity index (χ4v) is 8.00. The Bertz CT molecular complexity index is 1630. The molecule has 0 unspecified atom stereocenters. The van der Waals surface area contributed by atoms with E-state index in [-0.39, 0.29) is 53.7 Å². The third-order valence-corrected chi connectivity index (χ3v) is 10.7. The summed E-state index contributed by atoms with van der Waals surface area (Å²) < 4.78 is 28.7. The number of nitrogen functional groups attached to an aromatic ring is 1. The van der Waals surface area contributed by atoms with Crippen LogP contribution in [0, 0.1) is 18.8 Å². The highest BCUT2D eigenvalue weighted by molar-refractivity contribution is 7.89. The molecule has 2 heterocycles. The second-order valence-electron chi connectivity index (χ2n) is 12.8. The Morgan fingerprint density at radius 3 is 2.40 bits per heavy atom. The highest BCUT2D eigenvalue weighted by atomic mass is 32.2. The van der Waals surface area contributed by atoms with Crippen molar-refractivity contribution in [2.75, 3.05) is 31.9 Å². The highest BCUT2D eigenvalue weighted by Crippen LogP contribution is 2.27. The summed E-state index contributed by atoms with van der Waals surface area (Å²) in [4.78, 5) is 35.1. The van der Waals surface area contributed by atoms with Gasteiger partial charge in [-0.3, -0.25) is 4.79 Å². The van der Waals surface area contributed by atoms with E-state index in [1.165, 1.54) is 27.8 Å². The van der Waals surface area contributed by atoms with Gasteiger partial charge >= 0.3 is 6.03 Å². The van der Waals surface area contributed by atoms with Crippen LogP contribution in [0.5, 0.6) is 5.75 Å². The number of hydrogen-bond acceptors (Lipinski definition) is 9. The fourth-order valence-electron chi connectivity index (χ4n) is 5.75. The maximum absolute atomic E-state index is 14.0. The van der Waals surface area contributed by atoms with Crippen molar-refractivity contribution in [3.63, 3.8) is 0 Å². The molecule has 3 atom stereocenters. The lowest BCUT2D eigenvalue weighted by atomic mass is 9.97. The molecule has 5 N–H and O–H groups in total. The van der Waals surface area contributed by atoms with Gasteiger partial charge in [-0.2, -0.15) is 4.31 Å². The minimum absolute atomic E-state index is 0.0440. The molecule has 4 rings (SSSR count). The number of anilines is 1. The third kappa shape index (κ3) is 9.01. The molecule has 256 valence electrons. The molecule has 2 aromatic carbocycles. The van der Waals surface area contributed by atoms with Gasteiger partial charge in [-0.1, -0.05) is 58.0 Å². The molecular weight excluding hydrogens is 641 g/mol. The number of hydrogen-bond donors (Lipinski definition) is 4. The minimum atomic E-state index is -4.16. The Hall–Kier alpha value is -3.72. The SMILES string of the molecule is Cc1nc(CN2CCN([C@H](C(=O)N[C@@H](Cc3ccccc3)[C@H](O)CN(CC(C)C)S(=O)(=O)c3ccc(N)c(O)c3)C(C)C)C2=O)cs1. The maximum atomic E-state index is 14.0. The zero-order valence-corrected chi connectivity index (χ0v) is 29.2. The number of phenolic OH excluding ortho intramolecular Hbond substituents is 1. The van der Waals surface area contributed by atoms with Crippen molar-refractivity contribution >= 4 is 39.0 Å². The van der Waals surface area contributed by atoms with Crippen LogP contribution in [0.2, 0.25) is 0 Å². The van der Waals surface area contributed by atoms with E-state index in [0.29, 0.717) is 19.6 Å². The van der Waals surface area contributed by atoms with Crippen LogP contribution in [0.1, 0.15) is 44.0 Å². The van der Waals surface area contributed by atoms with Gasteiger partial charge in [0.1, 0.15) is 11.8 Å².